The van der Waals surface area contributed by atoms with Crippen LogP contribution in [-0.4, -0.2) is 52.9 Å². The summed E-state index contributed by atoms with van der Waals surface area (Å²) in [6, 6.07) is 26.4. The van der Waals surface area contributed by atoms with Crippen LogP contribution in [0.4, 0.5) is 27.7 Å². The largest absolute Gasteiger partial charge is 0.497 e. The first-order valence-corrected chi connectivity index (χ1v) is 19.2. The average Bonchev–Trinajstić information content (AvgIpc) is 3.99. The maximum absolute atomic E-state index is 15.5. The summed E-state index contributed by atoms with van der Waals surface area (Å²) in [5, 5.41) is 14.9. The lowest BCUT2D eigenvalue weighted by atomic mass is 9.93. The molecule has 0 unspecified atom stereocenters. The Labute approximate surface area is 341 Å². The van der Waals surface area contributed by atoms with E-state index < -0.39 is 29.0 Å². The van der Waals surface area contributed by atoms with Gasteiger partial charge in [-0.3, -0.25) is 14.4 Å². The van der Waals surface area contributed by atoms with Crippen molar-refractivity contribution in [1.29, 1.82) is 0 Å². The van der Waals surface area contributed by atoms with E-state index in [-0.39, 0.29) is 54.4 Å². The molecular weight excluding hydrogens is 763 g/mol. The zero-order valence-electron chi connectivity index (χ0n) is 32.9. The Morgan fingerprint density at radius 3 is 2.12 bits per heavy atom. The highest BCUT2D eigenvalue weighted by Crippen LogP contribution is 2.48. The number of aromatic nitrogens is 3. The molecule has 0 atom stereocenters. The minimum Gasteiger partial charge on any atom is -0.497 e. The third-order valence-corrected chi connectivity index (χ3v) is 9.86. The van der Waals surface area contributed by atoms with Gasteiger partial charge < -0.3 is 36.1 Å². The van der Waals surface area contributed by atoms with Crippen molar-refractivity contribution in [2.24, 2.45) is 5.41 Å². The standard InChI is InChI=1S/C43H46ClFN8O5/c1-26(2)28-8-6-27(7-9-28)23-58-41-51-39(50-40(52-41)53-43(20-21-43)29-10-12-30(44)13-11-29)49-32-16-19-34(35(45)22-32)36(54)46-24-42(3,4)25-47-37(55)38(56)48-31-14-17-33(57-5)18-15-31/h6-19,22,26H,20-21,23-25H2,1-5H3,(H,46,54)(H,47,55)(H,48,56)(H2,49,50,51,52,53). The Morgan fingerprint density at radius 2 is 1.48 bits per heavy atom. The molecule has 1 aromatic heterocycles. The van der Waals surface area contributed by atoms with Crippen molar-refractivity contribution in [3.05, 3.63) is 124 Å². The molecule has 0 radical (unpaired) electrons. The highest BCUT2D eigenvalue weighted by atomic mass is 35.5. The van der Waals surface area contributed by atoms with E-state index in [9.17, 15) is 14.4 Å². The van der Waals surface area contributed by atoms with E-state index >= 15 is 4.39 Å². The molecule has 0 spiro atoms. The fourth-order valence-electron chi connectivity index (χ4n) is 5.92. The van der Waals surface area contributed by atoms with Crippen LogP contribution in [0, 0.1) is 11.2 Å². The Bertz CT molecular complexity index is 2250. The fraction of sp³-hybridized carbons (Fsp3) is 0.302. The molecular formula is C43H46ClFN8O5. The van der Waals surface area contributed by atoms with Gasteiger partial charge in [0.2, 0.25) is 11.9 Å². The van der Waals surface area contributed by atoms with Gasteiger partial charge in [-0.05, 0) is 95.5 Å². The molecule has 58 heavy (non-hydrogen) atoms. The topological polar surface area (TPSA) is 168 Å². The Balaban J connectivity index is 1.09. The van der Waals surface area contributed by atoms with Crippen LogP contribution in [0.1, 0.15) is 73.5 Å². The second-order valence-corrected chi connectivity index (χ2v) is 15.6. The first-order valence-electron chi connectivity index (χ1n) is 18.8. The number of anilines is 4. The van der Waals surface area contributed by atoms with Gasteiger partial charge in [-0.2, -0.15) is 15.0 Å². The third-order valence-electron chi connectivity index (χ3n) is 9.61. The van der Waals surface area contributed by atoms with Crippen molar-refractivity contribution >= 4 is 52.6 Å². The van der Waals surface area contributed by atoms with Crippen molar-refractivity contribution in [2.45, 2.75) is 58.6 Å². The second kappa shape index (κ2) is 17.9. The van der Waals surface area contributed by atoms with Crippen LogP contribution >= 0.6 is 11.6 Å². The molecule has 1 saturated carbocycles. The molecule has 4 aromatic carbocycles. The van der Waals surface area contributed by atoms with Crippen LogP contribution in [0.25, 0.3) is 0 Å². The fourth-order valence-corrected chi connectivity index (χ4v) is 6.04. The molecule has 15 heteroatoms. The molecule has 0 aliphatic heterocycles. The highest BCUT2D eigenvalue weighted by Gasteiger charge is 2.45. The third kappa shape index (κ3) is 11.0. The van der Waals surface area contributed by atoms with Gasteiger partial charge in [0, 0.05) is 29.5 Å². The first kappa shape index (κ1) is 41.4. The Morgan fingerprint density at radius 1 is 0.828 bits per heavy atom. The number of benzene rings is 4. The number of hydrogen-bond acceptors (Lipinski definition) is 10. The van der Waals surface area contributed by atoms with Gasteiger partial charge in [0.25, 0.3) is 5.91 Å². The zero-order chi connectivity index (χ0) is 41.5. The van der Waals surface area contributed by atoms with E-state index in [2.05, 4.69) is 67.5 Å². The quantitative estimate of drug-likeness (QED) is 0.0623. The summed E-state index contributed by atoms with van der Waals surface area (Å²) in [4.78, 5) is 51.5. The van der Waals surface area contributed by atoms with Crippen LogP contribution in [0.5, 0.6) is 11.8 Å². The predicted octanol–water partition coefficient (Wildman–Crippen LogP) is 7.73. The number of nitrogens with one attached hydrogen (secondary N) is 5. The summed E-state index contributed by atoms with van der Waals surface area (Å²) in [6.45, 7) is 8.20. The number of halogens is 2. The smallest absolute Gasteiger partial charge is 0.323 e. The van der Waals surface area contributed by atoms with Crippen molar-refractivity contribution < 1.29 is 28.2 Å². The summed E-state index contributed by atoms with van der Waals surface area (Å²) < 4.78 is 26.6. The lowest BCUT2D eigenvalue weighted by Gasteiger charge is -2.25. The van der Waals surface area contributed by atoms with E-state index in [1.165, 1.54) is 30.9 Å². The molecule has 1 aliphatic rings. The number of amides is 3. The van der Waals surface area contributed by atoms with Gasteiger partial charge in [-0.25, -0.2) is 4.39 Å². The molecule has 13 nitrogen and oxygen atoms in total. The highest BCUT2D eigenvalue weighted by molar-refractivity contribution is 6.39. The van der Waals surface area contributed by atoms with Crippen LogP contribution in [0.3, 0.4) is 0 Å². The molecule has 5 aromatic rings. The number of methoxy groups -OCH3 is 1. The zero-order valence-corrected chi connectivity index (χ0v) is 33.7. The average molecular weight is 809 g/mol. The molecule has 6 rings (SSSR count). The number of nitrogens with zero attached hydrogens (tertiary/aromatic N) is 3. The maximum Gasteiger partial charge on any atom is 0.323 e. The van der Waals surface area contributed by atoms with E-state index in [0.29, 0.717) is 22.4 Å². The lowest BCUT2D eigenvalue weighted by Crippen LogP contribution is -2.45. The van der Waals surface area contributed by atoms with E-state index in [4.69, 9.17) is 21.1 Å². The van der Waals surface area contributed by atoms with Crippen LogP contribution < -0.4 is 36.1 Å². The van der Waals surface area contributed by atoms with E-state index in [1.54, 1.807) is 38.1 Å². The summed E-state index contributed by atoms with van der Waals surface area (Å²) in [5.74, 6) is -1.73. The van der Waals surface area contributed by atoms with Crippen LogP contribution in [0.15, 0.2) is 91.0 Å². The molecule has 3 amide bonds. The molecule has 0 saturated heterocycles. The van der Waals surface area contributed by atoms with E-state index in [1.807, 2.05) is 36.4 Å². The number of ether oxygens (including phenoxy) is 2. The van der Waals surface area contributed by atoms with Crippen LogP contribution in [0.2, 0.25) is 5.02 Å². The molecule has 1 aliphatic carbocycles. The first-order chi connectivity index (χ1) is 27.7. The molecule has 0 bridgehead atoms. The minimum absolute atomic E-state index is 0.0627. The van der Waals surface area contributed by atoms with Gasteiger partial charge in [-0.1, -0.05) is 75.7 Å². The molecule has 5 N–H and O–H groups in total. The SMILES string of the molecule is COc1ccc(NC(=O)C(=O)NCC(C)(C)CNC(=O)c2ccc(Nc3nc(NC4(c5ccc(Cl)cc5)CC4)nc(OCc4ccc(C(C)C)cc4)n3)cc2F)cc1. The number of carbonyl (C=O) groups is 3. The Hall–Kier alpha value is -6.28. The van der Waals surface area contributed by atoms with Gasteiger partial charge in [0.05, 0.1) is 18.2 Å². The molecule has 1 heterocycles. The minimum atomic E-state index is -0.841. The van der Waals surface area contributed by atoms with Gasteiger partial charge in [0.1, 0.15) is 18.2 Å². The van der Waals surface area contributed by atoms with E-state index in [0.717, 1.165) is 24.0 Å². The summed E-state index contributed by atoms with van der Waals surface area (Å²) in [6.07, 6.45) is 1.70. The predicted molar refractivity (Wildman–Crippen MR) is 221 cm³/mol. The maximum atomic E-state index is 15.5. The van der Waals surface area contributed by atoms with Gasteiger partial charge in [-0.15, -0.1) is 0 Å². The van der Waals surface area contributed by atoms with Crippen molar-refractivity contribution in [2.75, 3.05) is 36.1 Å². The number of rotatable bonds is 16. The van der Waals surface area contributed by atoms with Gasteiger partial charge >= 0.3 is 17.8 Å². The summed E-state index contributed by atoms with van der Waals surface area (Å²) in [5.41, 5.74) is 2.65. The van der Waals surface area contributed by atoms with Crippen LogP contribution in [-0.2, 0) is 21.7 Å². The molecule has 302 valence electrons. The van der Waals surface area contributed by atoms with Crippen molar-refractivity contribution in [1.82, 2.24) is 25.6 Å². The Kier molecular flexibility index (Phi) is 12.8. The normalized spacial score (nSPS) is 13.0. The lowest BCUT2D eigenvalue weighted by molar-refractivity contribution is -0.136. The number of carbonyl (C=O) groups excluding carboxylic acids is 3. The van der Waals surface area contributed by atoms with Crippen molar-refractivity contribution in [3.8, 4) is 11.8 Å². The molecule has 1 fully saturated rings. The number of hydrogen-bond donors (Lipinski definition) is 5. The summed E-state index contributed by atoms with van der Waals surface area (Å²) in [7, 11) is 1.53. The second-order valence-electron chi connectivity index (χ2n) is 15.2. The summed E-state index contributed by atoms with van der Waals surface area (Å²) >= 11 is 6.14. The van der Waals surface area contributed by atoms with Gasteiger partial charge in [0.15, 0.2) is 0 Å². The monoisotopic (exact) mass is 808 g/mol. The van der Waals surface area contributed by atoms with Crippen molar-refractivity contribution in [3.63, 3.8) is 0 Å².